The second-order valence-corrected chi connectivity index (χ2v) is 4.63. The van der Waals surface area contributed by atoms with Crippen LogP contribution in [-0.2, 0) is 6.54 Å². The van der Waals surface area contributed by atoms with Crippen LogP contribution in [-0.4, -0.2) is 33.2 Å². The van der Waals surface area contributed by atoms with Crippen LogP contribution in [0.1, 0.15) is 24.4 Å². The number of amides is 2. The molecule has 0 radical (unpaired) electrons. The number of aromatic amines is 1. The van der Waals surface area contributed by atoms with E-state index in [9.17, 15) is 4.79 Å². The topological polar surface area (TPSA) is 99.9 Å². The molecule has 1 unspecified atom stereocenters. The smallest absolute Gasteiger partial charge is 0.321 e. The molecule has 0 aliphatic rings. The fourth-order valence-corrected chi connectivity index (χ4v) is 1.72. The van der Waals surface area contributed by atoms with Gasteiger partial charge in [-0.3, -0.25) is 5.10 Å². The monoisotopic (exact) mass is 274 g/mol. The second-order valence-electron chi connectivity index (χ2n) is 4.63. The summed E-state index contributed by atoms with van der Waals surface area (Å²) in [7, 11) is 1.69. The lowest BCUT2D eigenvalue weighted by Crippen LogP contribution is -2.31. The van der Waals surface area contributed by atoms with Crippen LogP contribution in [0.5, 0.6) is 0 Å². The molecule has 2 aromatic rings. The Labute approximate surface area is 117 Å². The number of urea groups is 1. The Kier molecular flexibility index (Phi) is 4.31. The Morgan fingerprint density at radius 3 is 3.00 bits per heavy atom. The van der Waals surface area contributed by atoms with E-state index in [4.69, 9.17) is 5.73 Å². The zero-order chi connectivity index (χ0) is 14.5. The number of carbonyl (C=O) groups is 1. The van der Waals surface area contributed by atoms with Crippen molar-refractivity contribution in [1.29, 1.82) is 0 Å². The minimum absolute atomic E-state index is 0.0706. The molecule has 0 aliphatic carbocycles. The molecule has 1 heterocycles. The number of nitrogens with one attached hydrogen (secondary N) is 2. The minimum atomic E-state index is -0.219. The largest absolute Gasteiger partial charge is 0.324 e. The molecular weight excluding hydrogens is 256 g/mol. The van der Waals surface area contributed by atoms with Crippen LogP contribution in [0.25, 0.3) is 0 Å². The molecule has 1 aromatic carbocycles. The van der Waals surface area contributed by atoms with E-state index >= 15 is 0 Å². The number of nitrogens with two attached hydrogens (primary N) is 1. The first-order chi connectivity index (χ1) is 9.56. The minimum Gasteiger partial charge on any atom is -0.324 e. The number of H-pyrrole nitrogens is 1. The van der Waals surface area contributed by atoms with Crippen molar-refractivity contribution >= 4 is 11.7 Å². The summed E-state index contributed by atoms with van der Waals surface area (Å²) < 4.78 is 0. The zero-order valence-corrected chi connectivity index (χ0v) is 11.5. The summed E-state index contributed by atoms with van der Waals surface area (Å²) in [6, 6.07) is 7.20. The summed E-state index contributed by atoms with van der Waals surface area (Å²) in [5.41, 5.74) is 7.51. The van der Waals surface area contributed by atoms with Crippen molar-refractivity contribution in [3.05, 3.63) is 42.0 Å². The third-order valence-electron chi connectivity index (χ3n) is 2.86. The molecule has 0 saturated carbocycles. The van der Waals surface area contributed by atoms with E-state index < -0.39 is 0 Å². The van der Waals surface area contributed by atoms with Gasteiger partial charge in [0.1, 0.15) is 12.2 Å². The Morgan fingerprint density at radius 2 is 2.35 bits per heavy atom. The van der Waals surface area contributed by atoms with Gasteiger partial charge < -0.3 is 16.0 Å². The van der Waals surface area contributed by atoms with Gasteiger partial charge in [-0.25, -0.2) is 9.78 Å². The summed E-state index contributed by atoms with van der Waals surface area (Å²) in [6.45, 7) is 2.26. The molecule has 4 N–H and O–H groups in total. The molecule has 2 rings (SSSR count). The fraction of sp³-hybridized carbons (Fsp3) is 0.308. The number of carbonyl (C=O) groups excluding carboxylic acids is 1. The average Bonchev–Trinajstić information content (AvgIpc) is 2.91. The third-order valence-corrected chi connectivity index (χ3v) is 2.86. The molecule has 7 nitrogen and oxygen atoms in total. The van der Waals surface area contributed by atoms with Gasteiger partial charge in [-0.2, -0.15) is 5.10 Å². The number of hydrogen-bond acceptors (Lipinski definition) is 4. The number of anilines is 1. The number of rotatable bonds is 4. The summed E-state index contributed by atoms with van der Waals surface area (Å²) in [4.78, 5) is 17.5. The van der Waals surface area contributed by atoms with Gasteiger partial charge in [-0.05, 0) is 24.6 Å². The van der Waals surface area contributed by atoms with Gasteiger partial charge in [0, 0.05) is 18.8 Å². The molecule has 2 amide bonds. The van der Waals surface area contributed by atoms with Crippen LogP contribution in [0, 0.1) is 0 Å². The first-order valence-electron chi connectivity index (χ1n) is 6.28. The van der Waals surface area contributed by atoms with E-state index in [2.05, 4.69) is 20.5 Å². The highest BCUT2D eigenvalue weighted by Crippen LogP contribution is 2.16. The van der Waals surface area contributed by atoms with Gasteiger partial charge in [-0.1, -0.05) is 12.1 Å². The van der Waals surface area contributed by atoms with Crippen LogP contribution < -0.4 is 11.1 Å². The van der Waals surface area contributed by atoms with E-state index in [-0.39, 0.29) is 12.1 Å². The average molecular weight is 274 g/mol. The summed E-state index contributed by atoms with van der Waals surface area (Å²) in [5, 5.41) is 9.27. The van der Waals surface area contributed by atoms with E-state index in [1.165, 1.54) is 11.2 Å². The highest BCUT2D eigenvalue weighted by atomic mass is 16.2. The molecule has 0 bridgehead atoms. The summed E-state index contributed by atoms with van der Waals surface area (Å²) >= 11 is 0. The SMILES string of the molecule is CC(N)c1cccc(NC(=O)N(C)Cc2ncn[nH]2)c1. The van der Waals surface area contributed by atoms with Gasteiger partial charge in [-0.15, -0.1) is 0 Å². The Morgan fingerprint density at radius 1 is 1.55 bits per heavy atom. The molecule has 0 saturated heterocycles. The summed E-state index contributed by atoms with van der Waals surface area (Å²) in [6.07, 6.45) is 1.41. The Hall–Kier alpha value is -2.41. The van der Waals surface area contributed by atoms with Crippen molar-refractivity contribution in [2.75, 3.05) is 12.4 Å². The quantitative estimate of drug-likeness (QED) is 0.786. The number of hydrogen-bond donors (Lipinski definition) is 3. The van der Waals surface area contributed by atoms with Crippen molar-refractivity contribution in [3.63, 3.8) is 0 Å². The molecule has 1 atom stereocenters. The molecule has 20 heavy (non-hydrogen) atoms. The lowest BCUT2D eigenvalue weighted by atomic mass is 10.1. The van der Waals surface area contributed by atoms with E-state index in [1.807, 2.05) is 31.2 Å². The molecule has 106 valence electrons. The van der Waals surface area contributed by atoms with E-state index in [0.29, 0.717) is 18.1 Å². The molecule has 7 heteroatoms. The first-order valence-corrected chi connectivity index (χ1v) is 6.28. The highest BCUT2D eigenvalue weighted by Gasteiger charge is 2.11. The van der Waals surface area contributed by atoms with Gasteiger partial charge in [0.25, 0.3) is 0 Å². The Bertz CT molecular complexity index is 566. The molecule has 0 aliphatic heterocycles. The molecule has 0 fully saturated rings. The lowest BCUT2D eigenvalue weighted by molar-refractivity contribution is 0.219. The van der Waals surface area contributed by atoms with Crippen molar-refractivity contribution < 1.29 is 4.79 Å². The maximum atomic E-state index is 12.0. The van der Waals surface area contributed by atoms with E-state index in [1.54, 1.807) is 7.05 Å². The maximum absolute atomic E-state index is 12.0. The van der Waals surface area contributed by atoms with Crippen molar-refractivity contribution in [1.82, 2.24) is 20.1 Å². The normalized spacial score (nSPS) is 11.9. The molecular formula is C13H18N6O. The fourth-order valence-electron chi connectivity index (χ4n) is 1.72. The van der Waals surface area contributed by atoms with Crippen LogP contribution in [0.15, 0.2) is 30.6 Å². The lowest BCUT2D eigenvalue weighted by Gasteiger charge is -2.17. The van der Waals surface area contributed by atoms with Gasteiger partial charge in [0.05, 0.1) is 6.54 Å². The third kappa shape index (κ3) is 3.55. The van der Waals surface area contributed by atoms with E-state index in [0.717, 1.165) is 5.56 Å². The maximum Gasteiger partial charge on any atom is 0.321 e. The Balaban J connectivity index is 1.98. The highest BCUT2D eigenvalue weighted by molar-refractivity contribution is 5.89. The second kappa shape index (κ2) is 6.16. The number of aromatic nitrogens is 3. The van der Waals surface area contributed by atoms with Crippen LogP contribution >= 0.6 is 0 Å². The summed E-state index contributed by atoms with van der Waals surface area (Å²) in [5.74, 6) is 0.631. The van der Waals surface area contributed by atoms with Gasteiger partial charge in [0.15, 0.2) is 0 Å². The van der Waals surface area contributed by atoms with Crippen LogP contribution in [0.2, 0.25) is 0 Å². The van der Waals surface area contributed by atoms with Crippen LogP contribution in [0.3, 0.4) is 0 Å². The zero-order valence-electron chi connectivity index (χ0n) is 11.5. The number of benzene rings is 1. The number of nitrogens with zero attached hydrogens (tertiary/aromatic N) is 3. The van der Waals surface area contributed by atoms with Crippen LogP contribution in [0.4, 0.5) is 10.5 Å². The molecule has 1 aromatic heterocycles. The molecule has 0 spiro atoms. The predicted octanol–water partition coefficient (Wildman–Crippen LogP) is 1.49. The van der Waals surface area contributed by atoms with Crippen molar-refractivity contribution in [2.45, 2.75) is 19.5 Å². The van der Waals surface area contributed by atoms with Crippen molar-refractivity contribution in [2.24, 2.45) is 5.73 Å². The predicted molar refractivity (Wildman–Crippen MR) is 75.9 cm³/mol. The van der Waals surface area contributed by atoms with Gasteiger partial charge in [0.2, 0.25) is 0 Å². The standard InChI is InChI=1S/C13H18N6O/c1-9(14)10-4-3-5-11(6-10)17-13(20)19(2)7-12-15-8-16-18-12/h3-6,8-9H,7,14H2,1-2H3,(H,17,20)(H,15,16,18). The van der Waals surface area contributed by atoms with Crippen molar-refractivity contribution in [3.8, 4) is 0 Å². The first kappa shape index (κ1) is 14.0. The van der Waals surface area contributed by atoms with Gasteiger partial charge >= 0.3 is 6.03 Å².